The molecule has 0 fully saturated rings. The average Bonchev–Trinajstić information content (AvgIpc) is 2.77. The van der Waals surface area contributed by atoms with Gasteiger partial charge in [-0.3, -0.25) is 13.9 Å². The van der Waals surface area contributed by atoms with Crippen LogP contribution in [0.1, 0.15) is 18.9 Å². The number of ether oxygens (including phenoxy) is 1. The molecule has 0 bridgehead atoms. The first-order chi connectivity index (χ1) is 15.1. The number of hydrogen-bond donors (Lipinski definition) is 1. The predicted octanol–water partition coefficient (Wildman–Crippen LogP) is 2.62. The van der Waals surface area contributed by atoms with Crippen molar-refractivity contribution in [3.63, 3.8) is 0 Å². The van der Waals surface area contributed by atoms with Crippen molar-refractivity contribution in [2.45, 2.75) is 25.9 Å². The highest BCUT2D eigenvalue weighted by Crippen LogP contribution is 2.21. The van der Waals surface area contributed by atoms with Gasteiger partial charge in [-0.2, -0.15) is 0 Å². The summed E-state index contributed by atoms with van der Waals surface area (Å²) >= 11 is 2.12. The van der Waals surface area contributed by atoms with Crippen molar-refractivity contribution in [2.24, 2.45) is 0 Å². The number of carbonyl (C=O) groups excluding carboxylic acids is 2. The van der Waals surface area contributed by atoms with E-state index in [2.05, 4.69) is 27.9 Å². The summed E-state index contributed by atoms with van der Waals surface area (Å²) in [5.41, 5.74) is 1.15. The molecule has 32 heavy (non-hydrogen) atoms. The molecule has 0 aromatic heterocycles. The zero-order valence-corrected chi connectivity index (χ0v) is 21.5. The highest BCUT2D eigenvalue weighted by molar-refractivity contribution is 14.1. The Hall–Kier alpha value is -2.34. The van der Waals surface area contributed by atoms with E-state index in [9.17, 15) is 18.0 Å². The third kappa shape index (κ3) is 6.83. The molecule has 0 radical (unpaired) electrons. The lowest BCUT2D eigenvalue weighted by atomic mass is 10.1. The molecule has 0 saturated heterocycles. The van der Waals surface area contributed by atoms with Crippen molar-refractivity contribution in [1.29, 1.82) is 0 Å². The van der Waals surface area contributed by atoms with Gasteiger partial charge in [0, 0.05) is 17.2 Å². The Morgan fingerprint density at radius 2 is 1.81 bits per heavy atom. The number of nitrogens with one attached hydrogen (secondary N) is 1. The topological polar surface area (TPSA) is 96.0 Å². The van der Waals surface area contributed by atoms with E-state index in [1.54, 1.807) is 56.5 Å². The molecule has 0 aliphatic carbocycles. The highest BCUT2D eigenvalue weighted by Gasteiger charge is 2.31. The summed E-state index contributed by atoms with van der Waals surface area (Å²) in [6.45, 7) is 1.52. The van der Waals surface area contributed by atoms with Crippen molar-refractivity contribution < 1.29 is 22.7 Å². The standard InChI is InChI=1S/C22H28IN3O5S/c1-5-20(22(28)24-2)25(14-16-7-6-8-19(13-16)31-3)21(27)15-26(32(4,29)30)18-11-9-17(23)10-12-18/h6-13,20H,5,14-15H2,1-4H3,(H,24,28). The number of hydrogen-bond acceptors (Lipinski definition) is 5. The van der Waals surface area contributed by atoms with Gasteiger partial charge in [-0.15, -0.1) is 0 Å². The van der Waals surface area contributed by atoms with Crippen LogP contribution < -0.4 is 14.4 Å². The van der Waals surface area contributed by atoms with Gasteiger partial charge >= 0.3 is 0 Å². The van der Waals surface area contributed by atoms with E-state index in [1.165, 1.54) is 11.9 Å². The minimum atomic E-state index is -3.74. The van der Waals surface area contributed by atoms with Gasteiger partial charge in [-0.05, 0) is 71.0 Å². The summed E-state index contributed by atoms with van der Waals surface area (Å²) in [5, 5.41) is 2.59. The summed E-state index contributed by atoms with van der Waals surface area (Å²) in [6, 6.07) is 13.3. The number of carbonyl (C=O) groups is 2. The molecule has 2 aromatic rings. The lowest BCUT2D eigenvalue weighted by Crippen LogP contribution is -2.51. The SMILES string of the molecule is CCC(C(=O)NC)N(Cc1cccc(OC)c1)C(=O)CN(c1ccc(I)cc1)S(C)(=O)=O. The molecule has 0 saturated carbocycles. The second kappa shape index (κ2) is 11.5. The normalized spacial score (nSPS) is 12.0. The van der Waals surface area contributed by atoms with Crippen LogP contribution in [-0.2, 0) is 26.2 Å². The van der Waals surface area contributed by atoms with Crippen LogP contribution in [0.4, 0.5) is 5.69 Å². The smallest absolute Gasteiger partial charge is 0.244 e. The van der Waals surface area contributed by atoms with Gasteiger partial charge in [0.25, 0.3) is 0 Å². The molecule has 174 valence electrons. The van der Waals surface area contributed by atoms with Gasteiger partial charge in [0.05, 0.1) is 19.1 Å². The van der Waals surface area contributed by atoms with Gasteiger partial charge in [-0.1, -0.05) is 19.1 Å². The van der Waals surface area contributed by atoms with E-state index in [4.69, 9.17) is 4.74 Å². The number of methoxy groups -OCH3 is 1. The minimum Gasteiger partial charge on any atom is -0.497 e. The minimum absolute atomic E-state index is 0.131. The lowest BCUT2D eigenvalue weighted by molar-refractivity contribution is -0.140. The number of benzene rings is 2. The van der Waals surface area contributed by atoms with Crippen LogP contribution in [0, 0.1) is 3.57 Å². The second-order valence-corrected chi connectivity index (χ2v) is 10.3. The van der Waals surface area contributed by atoms with Crippen LogP contribution in [0.15, 0.2) is 48.5 Å². The lowest BCUT2D eigenvalue weighted by Gasteiger charge is -2.32. The number of amides is 2. The van der Waals surface area contributed by atoms with Crippen LogP contribution in [0.3, 0.4) is 0 Å². The predicted molar refractivity (Wildman–Crippen MR) is 133 cm³/mol. The maximum Gasteiger partial charge on any atom is 0.244 e. The molecule has 0 heterocycles. The Morgan fingerprint density at radius 1 is 1.16 bits per heavy atom. The zero-order valence-electron chi connectivity index (χ0n) is 18.5. The summed E-state index contributed by atoms with van der Waals surface area (Å²) in [7, 11) is -0.683. The number of nitrogens with zero attached hydrogens (tertiary/aromatic N) is 2. The molecule has 1 atom stereocenters. The molecule has 10 heteroatoms. The zero-order chi connectivity index (χ0) is 23.9. The number of likely N-dealkylation sites (N-methyl/N-ethyl adjacent to an activating group) is 1. The highest BCUT2D eigenvalue weighted by atomic mass is 127. The molecule has 1 N–H and O–H groups in total. The first-order valence-corrected chi connectivity index (χ1v) is 12.9. The van der Waals surface area contributed by atoms with Crippen LogP contribution in [0.25, 0.3) is 0 Å². The van der Waals surface area contributed by atoms with Gasteiger partial charge < -0.3 is 15.0 Å². The van der Waals surface area contributed by atoms with Gasteiger partial charge in [0.1, 0.15) is 18.3 Å². The molecular weight excluding hydrogens is 545 g/mol. The largest absolute Gasteiger partial charge is 0.497 e. The van der Waals surface area contributed by atoms with Crippen LogP contribution in [0.5, 0.6) is 5.75 Å². The van der Waals surface area contributed by atoms with Crippen molar-refractivity contribution in [1.82, 2.24) is 10.2 Å². The van der Waals surface area contributed by atoms with Crippen molar-refractivity contribution in [3.05, 3.63) is 57.7 Å². The fourth-order valence-electron chi connectivity index (χ4n) is 3.27. The van der Waals surface area contributed by atoms with E-state index in [1.807, 2.05) is 6.07 Å². The fourth-order valence-corrected chi connectivity index (χ4v) is 4.48. The Balaban J connectivity index is 2.42. The van der Waals surface area contributed by atoms with Gasteiger partial charge in [0.2, 0.25) is 21.8 Å². The monoisotopic (exact) mass is 573 g/mol. The number of sulfonamides is 1. The van der Waals surface area contributed by atoms with Crippen molar-refractivity contribution in [3.8, 4) is 5.75 Å². The Kier molecular flexibility index (Phi) is 9.32. The molecule has 1 unspecified atom stereocenters. The number of halogens is 1. The quantitative estimate of drug-likeness (QED) is 0.441. The summed E-state index contributed by atoms with van der Waals surface area (Å²) in [5.74, 6) is -0.171. The summed E-state index contributed by atoms with van der Waals surface area (Å²) < 4.78 is 32.3. The van der Waals surface area contributed by atoms with Crippen molar-refractivity contribution >= 4 is 50.1 Å². The molecule has 0 aliphatic heterocycles. The average molecular weight is 573 g/mol. The Morgan fingerprint density at radius 3 is 2.34 bits per heavy atom. The number of anilines is 1. The molecule has 2 aromatic carbocycles. The summed E-state index contributed by atoms with van der Waals surface area (Å²) in [4.78, 5) is 27.4. The van der Waals surface area contributed by atoms with E-state index in [0.717, 1.165) is 19.7 Å². The number of rotatable bonds is 10. The van der Waals surface area contributed by atoms with Gasteiger partial charge in [0.15, 0.2) is 0 Å². The third-order valence-electron chi connectivity index (χ3n) is 4.91. The maximum absolute atomic E-state index is 13.4. The van der Waals surface area contributed by atoms with Crippen LogP contribution in [0.2, 0.25) is 0 Å². The van der Waals surface area contributed by atoms with Crippen LogP contribution >= 0.6 is 22.6 Å². The summed E-state index contributed by atoms with van der Waals surface area (Å²) in [6.07, 6.45) is 1.43. The molecule has 0 spiro atoms. The first kappa shape index (κ1) is 25.9. The second-order valence-electron chi connectivity index (χ2n) is 7.16. The fraction of sp³-hybridized carbons (Fsp3) is 0.364. The van der Waals surface area contributed by atoms with E-state index < -0.39 is 28.5 Å². The molecule has 2 amide bonds. The van der Waals surface area contributed by atoms with E-state index in [0.29, 0.717) is 17.9 Å². The Bertz CT molecular complexity index is 1040. The van der Waals surface area contributed by atoms with Crippen molar-refractivity contribution in [2.75, 3.05) is 31.3 Å². The first-order valence-electron chi connectivity index (χ1n) is 9.98. The van der Waals surface area contributed by atoms with Gasteiger partial charge in [-0.25, -0.2) is 8.42 Å². The third-order valence-corrected chi connectivity index (χ3v) is 6.77. The van der Waals surface area contributed by atoms with E-state index in [-0.39, 0.29) is 12.5 Å². The maximum atomic E-state index is 13.4. The van der Waals surface area contributed by atoms with E-state index >= 15 is 0 Å². The Labute approximate surface area is 203 Å². The molecule has 0 aliphatic rings. The molecule has 2 rings (SSSR count). The molecule has 8 nitrogen and oxygen atoms in total. The molecular formula is C22H28IN3O5S. The van der Waals surface area contributed by atoms with Crippen LogP contribution in [-0.4, -0.2) is 58.1 Å².